The van der Waals surface area contributed by atoms with Gasteiger partial charge in [-0.05, 0) is 40.2 Å². The summed E-state index contributed by atoms with van der Waals surface area (Å²) < 4.78 is 10.8. The zero-order chi connectivity index (χ0) is 16.4. The molecule has 1 amide bonds. The molecule has 0 fully saturated rings. The van der Waals surface area contributed by atoms with Gasteiger partial charge < -0.3 is 19.7 Å². The lowest BCUT2D eigenvalue weighted by Crippen LogP contribution is -2.17. The normalized spacial score (nSPS) is 12.6. The molecule has 2 aromatic carbocycles. The van der Waals surface area contributed by atoms with Crippen molar-refractivity contribution in [3.05, 3.63) is 45.9 Å². The number of nitrogens with zero attached hydrogens (tertiary/aromatic N) is 1. The number of carbonyl (C=O) groups excluding carboxylic acids is 1. The summed E-state index contributed by atoms with van der Waals surface area (Å²) in [4.78, 5) is 12.0. The number of amides is 1. The summed E-state index contributed by atoms with van der Waals surface area (Å²) in [6, 6.07) is 7.44. The number of rotatable bonds is 3. The minimum atomic E-state index is -0.433. The fourth-order valence-corrected chi connectivity index (χ4v) is 2.29. The van der Waals surface area contributed by atoms with Crippen LogP contribution >= 0.6 is 15.9 Å². The van der Waals surface area contributed by atoms with Crippen LogP contribution in [0.3, 0.4) is 0 Å². The van der Waals surface area contributed by atoms with Gasteiger partial charge in [-0.3, -0.25) is 4.79 Å². The van der Waals surface area contributed by atoms with Crippen molar-refractivity contribution in [1.29, 1.82) is 0 Å². The van der Waals surface area contributed by atoms with E-state index in [0.29, 0.717) is 27.1 Å². The predicted molar refractivity (Wildman–Crippen MR) is 85.1 cm³/mol. The minimum Gasteiger partial charge on any atom is -0.507 e. The van der Waals surface area contributed by atoms with Crippen molar-refractivity contribution < 1.29 is 24.5 Å². The number of phenols is 2. The van der Waals surface area contributed by atoms with Crippen molar-refractivity contribution in [1.82, 2.24) is 5.43 Å². The maximum absolute atomic E-state index is 12.0. The molecule has 1 heterocycles. The van der Waals surface area contributed by atoms with Crippen LogP contribution in [0.25, 0.3) is 0 Å². The van der Waals surface area contributed by atoms with E-state index in [4.69, 9.17) is 9.47 Å². The van der Waals surface area contributed by atoms with Crippen LogP contribution in [-0.2, 0) is 0 Å². The summed E-state index contributed by atoms with van der Waals surface area (Å²) in [6.45, 7) is 0.133. The number of nitrogens with one attached hydrogen (secondary N) is 1. The van der Waals surface area contributed by atoms with E-state index in [-0.39, 0.29) is 18.3 Å². The van der Waals surface area contributed by atoms with E-state index in [9.17, 15) is 15.0 Å². The molecule has 1 aliphatic heterocycles. The van der Waals surface area contributed by atoms with Gasteiger partial charge in [0.05, 0.1) is 10.7 Å². The second kappa shape index (κ2) is 6.17. The molecule has 0 spiro atoms. The van der Waals surface area contributed by atoms with E-state index in [1.54, 1.807) is 18.2 Å². The molecule has 0 saturated heterocycles. The molecule has 1 aliphatic rings. The number of hydrogen-bond donors (Lipinski definition) is 3. The average Bonchev–Trinajstić information content (AvgIpc) is 2.99. The standard InChI is InChI=1S/C15H11BrN2O5/c16-10-3-9(11(19)5-12(10)20)6-17-18-15(21)8-1-2-13-14(4-8)23-7-22-13/h1-6,19-20H,7H2,(H,18,21)/b17-6-. The van der Waals surface area contributed by atoms with Crippen LogP contribution in [0.4, 0.5) is 0 Å². The lowest BCUT2D eigenvalue weighted by molar-refractivity contribution is 0.0954. The lowest BCUT2D eigenvalue weighted by atomic mass is 10.2. The highest BCUT2D eigenvalue weighted by Crippen LogP contribution is 2.32. The van der Waals surface area contributed by atoms with Crippen LogP contribution in [-0.4, -0.2) is 29.1 Å². The molecule has 0 bridgehead atoms. The molecule has 7 nitrogen and oxygen atoms in total. The molecule has 0 saturated carbocycles. The molecule has 0 radical (unpaired) electrons. The smallest absolute Gasteiger partial charge is 0.271 e. The largest absolute Gasteiger partial charge is 0.507 e. The Labute approximate surface area is 139 Å². The van der Waals surface area contributed by atoms with Crippen LogP contribution in [0.2, 0.25) is 0 Å². The Morgan fingerprint density at radius 3 is 2.78 bits per heavy atom. The number of aromatic hydroxyl groups is 2. The third kappa shape index (κ3) is 3.21. The lowest BCUT2D eigenvalue weighted by Gasteiger charge is -2.03. The molecule has 0 aliphatic carbocycles. The first-order chi connectivity index (χ1) is 11.0. The van der Waals surface area contributed by atoms with Crippen LogP contribution < -0.4 is 14.9 Å². The molecular formula is C15H11BrN2O5. The highest BCUT2D eigenvalue weighted by molar-refractivity contribution is 9.10. The Bertz CT molecular complexity index is 807. The van der Waals surface area contributed by atoms with Gasteiger partial charge in [0, 0.05) is 17.2 Å². The van der Waals surface area contributed by atoms with E-state index in [2.05, 4.69) is 26.5 Å². The summed E-state index contributed by atoms with van der Waals surface area (Å²) in [5, 5.41) is 22.9. The van der Waals surface area contributed by atoms with Gasteiger partial charge in [0.25, 0.3) is 5.91 Å². The topological polar surface area (TPSA) is 100 Å². The molecule has 0 unspecified atom stereocenters. The zero-order valence-electron chi connectivity index (χ0n) is 11.6. The van der Waals surface area contributed by atoms with Gasteiger partial charge >= 0.3 is 0 Å². The van der Waals surface area contributed by atoms with Gasteiger partial charge in [-0.2, -0.15) is 5.10 Å². The summed E-state index contributed by atoms with van der Waals surface area (Å²) in [5.74, 6) is 0.401. The average molecular weight is 379 g/mol. The first kappa shape index (κ1) is 15.2. The van der Waals surface area contributed by atoms with E-state index in [1.165, 1.54) is 18.3 Å². The summed E-state index contributed by atoms with van der Waals surface area (Å²) in [6.07, 6.45) is 1.27. The van der Waals surface area contributed by atoms with E-state index in [1.807, 2.05) is 0 Å². The number of hydrazone groups is 1. The second-order valence-corrected chi connectivity index (χ2v) is 5.48. The van der Waals surface area contributed by atoms with Crippen molar-refractivity contribution in [2.45, 2.75) is 0 Å². The number of hydrogen-bond acceptors (Lipinski definition) is 6. The highest BCUT2D eigenvalue weighted by Gasteiger charge is 2.15. The highest BCUT2D eigenvalue weighted by atomic mass is 79.9. The third-order valence-electron chi connectivity index (χ3n) is 3.10. The Morgan fingerprint density at radius 1 is 1.17 bits per heavy atom. The first-order valence-electron chi connectivity index (χ1n) is 6.49. The van der Waals surface area contributed by atoms with Gasteiger partial charge in [0.1, 0.15) is 11.5 Å². The third-order valence-corrected chi connectivity index (χ3v) is 3.74. The van der Waals surface area contributed by atoms with Crippen molar-refractivity contribution in [3.63, 3.8) is 0 Å². The van der Waals surface area contributed by atoms with Crippen LogP contribution in [0.1, 0.15) is 15.9 Å². The van der Waals surface area contributed by atoms with Gasteiger partial charge in [0.2, 0.25) is 6.79 Å². The van der Waals surface area contributed by atoms with Gasteiger partial charge in [-0.1, -0.05) is 0 Å². The maximum Gasteiger partial charge on any atom is 0.271 e. The van der Waals surface area contributed by atoms with Crippen molar-refractivity contribution >= 4 is 28.1 Å². The first-order valence-corrected chi connectivity index (χ1v) is 7.28. The Morgan fingerprint density at radius 2 is 1.96 bits per heavy atom. The SMILES string of the molecule is O=C(N/N=C\c1cc(Br)c(O)cc1O)c1ccc2c(c1)OCO2. The van der Waals surface area contributed by atoms with Crippen molar-refractivity contribution in [2.24, 2.45) is 5.10 Å². The van der Waals surface area contributed by atoms with Crippen LogP contribution in [0, 0.1) is 0 Å². The number of ether oxygens (including phenoxy) is 2. The second-order valence-electron chi connectivity index (χ2n) is 4.63. The molecule has 118 valence electrons. The van der Waals surface area contributed by atoms with Crippen LogP contribution in [0.5, 0.6) is 23.0 Å². The molecule has 3 rings (SSSR count). The van der Waals surface area contributed by atoms with E-state index >= 15 is 0 Å². The molecule has 23 heavy (non-hydrogen) atoms. The fraction of sp³-hybridized carbons (Fsp3) is 0.0667. The van der Waals surface area contributed by atoms with Crippen LogP contribution in [0.15, 0.2) is 39.9 Å². The fourth-order valence-electron chi connectivity index (χ4n) is 1.93. The maximum atomic E-state index is 12.0. The molecule has 0 atom stereocenters. The van der Waals surface area contributed by atoms with E-state index in [0.717, 1.165) is 0 Å². The Hall–Kier alpha value is -2.74. The van der Waals surface area contributed by atoms with E-state index < -0.39 is 5.91 Å². The Kier molecular flexibility index (Phi) is 4.07. The summed E-state index contributed by atoms with van der Waals surface area (Å²) >= 11 is 3.13. The molecule has 8 heteroatoms. The minimum absolute atomic E-state index is 0.0935. The number of carbonyl (C=O) groups is 1. The Balaban J connectivity index is 1.70. The van der Waals surface area contributed by atoms with Gasteiger partial charge in [0.15, 0.2) is 11.5 Å². The number of halogens is 1. The quantitative estimate of drug-likeness (QED) is 0.562. The van der Waals surface area contributed by atoms with Gasteiger partial charge in [-0.15, -0.1) is 0 Å². The van der Waals surface area contributed by atoms with Gasteiger partial charge in [-0.25, -0.2) is 5.43 Å². The number of benzene rings is 2. The zero-order valence-corrected chi connectivity index (χ0v) is 13.2. The molecule has 3 N–H and O–H groups in total. The monoisotopic (exact) mass is 378 g/mol. The summed E-state index contributed by atoms with van der Waals surface area (Å²) in [5.41, 5.74) is 3.04. The molecule has 2 aromatic rings. The van der Waals surface area contributed by atoms with Crippen molar-refractivity contribution in [3.8, 4) is 23.0 Å². The predicted octanol–water partition coefficient (Wildman–Crippen LogP) is 2.35. The number of fused-ring (bicyclic) bond motifs is 1. The van der Waals surface area contributed by atoms with Crippen molar-refractivity contribution in [2.75, 3.05) is 6.79 Å². The summed E-state index contributed by atoms with van der Waals surface area (Å²) in [7, 11) is 0. The number of phenolic OH excluding ortho intramolecular Hbond substituents is 2. The molecular weight excluding hydrogens is 368 g/mol. The molecule has 0 aromatic heterocycles.